The first-order valence-electron chi connectivity index (χ1n) is 6.72. The zero-order valence-corrected chi connectivity index (χ0v) is 13.7. The third-order valence-electron chi connectivity index (χ3n) is 3.94. The number of rotatable bonds is 4. The van der Waals surface area contributed by atoms with Crippen LogP contribution in [0.4, 0.5) is 0 Å². The second-order valence-electron chi connectivity index (χ2n) is 5.66. The quantitative estimate of drug-likeness (QED) is 0.850. The van der Waals surface area contributed by atoms with Crippen molar-refractivity contribution in [2.45, 2.75) is 43.0 Å². The molecular weight excluding hydrogens is 317 g/mol. The predicted molar refractivity (Wildman–Crippen MR) is 82.9 cm³/mol. The van der Waals surface area contributed by atoms with Crippen molar-refractivity contribution in [2.75, 3.05) is 5.88 Å². The van der Waals surface area contributed by atoms with E-state index < -0.39 is 15.6 Å². The molecule has 1 fully saturated rings. The number of nitrogens with one attached hydrogen (secondary N) is 1. The second-order valence-corrected chi connectivity index (χ2v) is 8.05. The fourth-order valence-electron chi connectivity index (χ4n) is 2.56. The maximum absolute atomic E-state index is 12.5. The SMILES string of the molecule is CC1CCC(CCl)(NS(=O)(=O)c2cccc(Cl)c2)CC1. The lowest BCUT2D eigenvalue weighted by molar-refractivity contribution is 0.247. The molecule has 0 bridgehead atoms. The lowest BCUT2D eigenvalue weighted by Crippen LogP contribution is -2.51. The molecule has 0 unspecified atom stereocenters. The first kappa shape index (κ1) is 16.1. The van der Waals surface area contributed by atoms with Crippen LogP contribution >= 0.6 is 23.2 Å². The average Bonchev–Trinajstić information content (AvgIpc) is 2.41. The van der Waals surface area contributed by atoms with Gasteiger partial charge in [-0.3, -0.25) is 0 Å². The smallest absolute Gasteiger partial charge is 0.207 e. The highest BCUT2D eigenvalue weighted by Crippen LogP contribution is 2.34. The van der Waals surface area contributed by atoms with Gasteiger partial charge in [0.1, 0.15) is 0 Å². The van der Waals surface area contributed by atoms with Crippen LogP contribution in [0.5, 0.6) is 0 Å². The molecule has 0 saturated heterocycles. The molecule has 0 amide bonds. The molecule has 6 heteroatoms. The summed E-state index contributed by atoms with van der Waals surface area (Å²) in [6, 6.07) is 6.28. The molecule has 3 nitrogen and oxygen atoms in total. The van der Waals surface area contributed by atoms with Gasteiger partial charge in [0, 0.05) is 16.4 Å². The van der Waals surface area contributed by atoms with Crippen LogP contribution < -0.4 is 4.72 Å². The van der Waals surface area contributed by atoms with Gasteiger partial charge in [0.05, 0.1) is 4.90 Å². The van der Waals surface area contributed by atoms with Gasteiger partial charge in [-0.1, -0.05) is 24.6 Å². The van der Waals surface area contributed by atoms with Crippen molar-refractivity contribution in [3.63, 3.8) is 0 Å². The number of hydrogen-bond donors (Lipinski definition) is 1. The van der Waals surface area contributed by atoms with E-state index in [4.69, 9.17) is 23.2 Å². The Kier molecular flexibility index (Phi) is 5.00. The van der Waals surface area contributed by atoms with Crippen LogP contribution in [0.25, 0.3) is 0 Å². The monoisotopic (exact) mass is 335 g/mol. The summed E-state index contributed by atoms with van der Waals surface area (Å²) in [5, 5.41) is 0.407. The summed E-state index contributed by atoms with van der Waals surface area (Å²) < 4.78 is 27.7. The summed E-state index contributed by atoms with van der Waals surface area (Å²) in [7, 11) is -3.59. The fraction of sp³-hybridized carbons (Fsp3) is 0.571. The molecule has 1 aromatic rings. The van der Waals surface area contributed by atoms with Gasteiger partial charge in [-0.2, -0.15) is 0 Å². The highest BCUT2D eigenvalue weighted by Gasteiger charge is 2.37. The van der Waals surface area contributed by atoms with Crippen LogP contribution in [-0.4, -0.2) is 19.8 Å². The third-order valence-corrected chi connectivity index (χ3v) is 6.27. The molecule has 0 heterocycles. The molecule has 2 rings (SSSR count). The van der Waals surface area contributed by atoms with Gasteiger partial charge in [-0.15, -0.1) is 11.6 Å². The lowest BCUT2D eigenvalue weighted by atomic mass is 9.79. The Morgan fingerprint density at radius 2 is 2.00 bits per heavy atom. The zero-order chi connectivity index (χ0) is 14.8. The minimum Gasteiger partial charge on any atom is -0.207 e. The number of hydrogen-bond acceptors (Lipinski definition) is 2. The molecule has 112 valence electrons. The van der Waals surface area contributed by atoms with E-state index in [2.05, 4.69) is 11.6 Å². The van der Waals surface area contributed by atoms with Crippen molar-refractivity contribution in [1.82, 2.24) is 4.72 Å². The summed E-state index contributed by atoms with van der Waals surface area (Å²) >= 11 is 11.9. The highest BCUT2D eigenvalue weighted by atomic mass is 35.5. The molecule has 0 aromatic heterocycles. The lowest BCUT2D eigenvalue weighted by Gasteiger charge is -2.38. The first-order chi connectivity index (χ1) is 9.37. The third kappa shape index (κ3) is 3.67. The fourth-order valence-corrected chi connectivity index (χ4v) is 4.73. The minimum absolute atomic E-state index is 0.188. The molecule has 1 aliphatic rings. The first-order valence-corrected chi connectivity index (χ1v) is 9.12. The van der Waals surface area contributed by atoms with Gasteiger partial charge in [0.25, 0.3) is 0 Å². The summed E-state index contributed by atoms with van der Waals surface area (Å²) in [4.78, 5) is 0.188. The Morgan fingerprint density at radius 1 is 1.35 bits per heavy atom. The summed E-state index contributed by atoms with van der Waals surface area (Å²) in [5.41, 5.74) is -0.533. The number of alkyl halides is 1. The standard InChI is InChI=1S/C14H19Cl2NO2S/c1-11-5-7-14(10-15,8-6-11)17-20(18,19)13-4-2-3-12(16)9-13/h2-4,9,11,17H,5-8,10H2,1H3. The molecule has 20 heavy (non-hydrogen) atoms. The summed E-state index contributed by atoms with van der Waals surface area (Å²) in [6.07, 6.45) is 3.53. The maximum atomic E-state index is 12.5. The predicted octanol–water partition coefficient (Wildman–Crippen LogP) is 3.81. The van der Waals surface area contributed by atoms with Gasteiger partial charge in [0.2, 0.25) is 10.0 Å². The van der Waals surface area contributed by atoms with E-state index >= 15 is 0 Å². The van der Waals surface area contributed by atoms with Crippen LogP contribution in [-0.2, 0) is 10.0 Å². The molecule has 0 aliphatic heterocycles. The molecular formula is C14H19Cl2NO2S. The average molecular weight is 336 g/mol. The van der Waals surface area contributed by atoms with Crippen molar-refractivity contribution in [1.29, 1.82) is 0 Å². The van der Waals surface area contributed by atoms with Crippen LogP contribution in [0, 0.1) is 5.92 Å². The van der Waals surface area contributed by atoms with Crippen LogP contribution in [0.3, 0.4) is 0 Å². The molecule has 1 aromatic carbocycles. The molecule has 1 aliphatic carbocycles. The Morgan fingerprint density at radius 3 is 2.55 bits per heavy atom. The summed E-state index contributed by atoms with van der Waals surface area (Å²) in [6.45, 7) is 2.18. The van der Waals surface area contributed by atoms with Crippen molar-refractivity contribution in [2.24, 2.45) is 5.92 Å². The van der Waals surface area contributed by atoms with E-state index in [1.165, 1.54) is 6.07 Å². The minimum atomic E-state index is -3.59. The maximum Gasteiger partial charge on any atom is 0.241 e. The van der Waals surface area contributed by atoms with Gasteiger partial charge in [0.15, 0.2) is 0 Å². The Bertz CT molecular complexity index is 566. The number of benzene rings is 1. The van der Waals surface area contributed by atoms with Gasteiger partial charge in [-0.25, -0.2) is 13.1 Å². The van der Waals surface area contributed by atoms with E-state index in [0.717, 1.165) is 25.7 Å². The normalized spacial score (nSPS) is 27.4. The van der Waals surface area contributed by atoms with E-state index in [-0.39, 0.29) is 4.90 Å². The Hall–Kier alpha value is -0.290. The van der Waals surface area contributed by atoms with E-state index in [1.807, 2.05) is 0 Å². The van der Waals surface area contributed by atoms with Gasteiger partial charge in [-0.05, 0) is 49.8 Å². The van der Waals surface area contributed by atoms with Crippen molar-refractivity contribution < 1.29 is 8.42 Å². The topological polar surface area (TPSA) is 46.2 Å². The summed E-state index contributed by atoms with van der Waals surface area (Å²) in [5.74, 6) is 0.918. The number of sulfonamides is 1. The molecule has 1 N–H and O–H groups in total. The van der Waals surface area contributed by atoms with Crippen LogP contribution in [0.2, 0.25) is 5.02 Å². The van der Waals surface area contributed by atoms with Crippen LogP contribution in [0.15, 0.2) is 29.2 Å². The van der Waals surface area contributed by atoms with E-state index in [9.17, 15) is 8.42 Å². The molecule has 0 atom stereocenters. The Labute approximate surface area is 130 Å². The molecule has 0 radical (unpaired) electrons. The van der Waals surface area contributed by atoms with E-state index in [0.29, 0.717) is 16.8 Å². The largest absolute Gasteiger partial charge is 0.241 e. The van der Waals surface area contributed by atoms with Gasteiger partial charge >= 0.3 is 0 Å². The van der Waals surface area contributed by atoms with Crippen LogP contribution in [0.1, 0.15) is 32.6 Å². The van der Waals surface area contributed by atoms with Gasteiger partial charge < -0.3 is 0 Å². The second kappa shape index (κ2) is 6.22. The zero-order valence-electron chi connectivity index (χ0n) is 11.4. The highest BCUT2D eigenvalue weighted by molar-refractivity contribution is 7.89. The van der Waals surface area contributed by atoms with Crippen molar-refractivity contribution in [3.05, 3.63) is 29.3 Å². The van der Waals surface area contributed by atoms with Crippen molar-refractivity contribution in [3.8, 4) is 0 Å². The van der Waals surface area contributed by atoms with Crippen molar-refractivity contribution >= 4 is 33.2 Å². The number of halogens is 2. The molecule has 0 spiro atoms. The Balaban J connectivity index is 2.22. The van der Waals surface area contributed by atoms with E-state index in [1.54, 1.807) is 18.2 Å². The molecule has 1 saturated carbocycles.